The van der Waals surface area contributed by atoms with Crippen LogP contribution in [-0.4, -0.2) is 57.4 Å². The minimum atomic E-state index is -0.310. The van der Waals surface area contributed by atoms with Crippen molar-refractivity contribution in [1.82, 2.24) is 10.2 Å². The second kappa shape index (κ2) is 8.57. The van der Waals surface area contributed by atoms with Crippen molar-refractivity contribution < 1.29 is 14.3 Å². The molecule has 1 aromatic carbocycles. The van der Waals surface area contributed by atoms with E-state index in [2.05, 4.69) is 15.4 Å². The van der Waals surface area contributed by atoms with E-state index in [9.17, 15) is 9.70 Å². The molecule has 1 aliphatic rings. The third kappa shape index (κ3) is 4.59. The number of morpholine rings is 1. The number of carbonyl (C=O) groups is 1. The number of methoxy groups -OCH3 is 1. The van der Waals surface area contributed by atoms with Gasteiger partial charge < -0.3 is 14.8 Å². The Morgan fingerprint density at radius 1 is 1.41 bits per heavy atom. The molecule has 120 valence electrons. The zero-order chi connectivity index (χ0) is 15.8. The summed E-state index contributed by atoms with van der Waals surface area (Å²) < 4.78 is 10.2. The van der Waals surface area contributed by atoms with Crippen molar-refractivity contribution in [2.24, 2.45) is 5.18 Å². The largest absolute Gasteiger partial charge is 0.383 e. The Bertz CT molecular complexity index is 516. The number of benzene rings is 1. The van der Waals surface area contributed by atoms with E-state index in [0.29, 0.717) is 18.7 Å². The summed E-state index contributed by atoms with van der Waals surface area (Å²) in [5, 5.41) is 5.64. The summed E-state index contributed by atoms with van der Waals surface area (Å²) >= 11 is 0. The van der Waals surface area contributed by atoms with Gasteiger partial charge in [0.2, 0.25) is 0 Å². The highest BCUT2D eigenvalue weighted by Gasteiger charge is 2.15. The van der Waals surface area contributed by atoms with Crippen molar-refractivity contribution >= 4 is 11.6 Å². The molecule has 0 spiro atoms. The Kier molecular flexibility index (Phi) is 6.45. The summed E-state index contributed by atoms with van der Waals surface area (Å²) in [5.41, 5.74) is 1.43. The van der Waals surface area contributed by atoms with E-state index in [1.54, 1.807) is 19.2 Å². The predicted octanol–water partition coefficient (Wildman–Crippen LogP) is 1.29. The van der Waals surface area contributed by atoms with Crippen LogP contribution < -0.4 is 5.32 Å². The molecule has 1 amide bonds. The first kappa shape index (κ1) is 16.5. The van der Waals surface area contributed by atoms with Crippen LogP contribution in [0.25, 0.3) is 0 Å². The monoisotopic (exact) mass is 307 g/mol. The van der Waals surface area contributed by atoms with Crippen LogP contribution in [0.1, 0.15) is 15.9 Å². The average molecular weight is 307 g/mol. The van der Waals surface area contributed by atoms with Gasteiger partial charge in [0, 0.05) is 33.3 Å². The average Bonchev–Trinajstić information content (AvgIpc) is 2.56. The van der Waals surface area contributed by atoms with Gasteiger partial charge in [-0.1, -0.05) is 6.07 Å². The molecule has 0 radical (unpaired) electrons. The van der Waals surface area contributed by atoms with E-state index >= 15 is 0 Å². The minimum Gasteiger partial charge on any atom is -0.383 e. The summed E-state index contributed by atoms with van der Waals surface area (Å²) in [4.78, 5) is 25.3. The van der Waals surface area contributed by atoms with Crippen molar-refractivity contribution in [2.75, 3.05) is 46.6 Å². The fourth-order valence-corrected chi connectivity index (χ4v) is 2.32. The molecule has 1 aliphatic heterocycles. The van der Waals surface area contributed by atoms with Gasteiger partial charge >= 0.3 is 0 Å². The molecule has 0 aromatic heterocycles. The first-order valence-electron chi connectivity index (χ1n) is 7.28. The second-order valence-electron chi connectivity index (χ2n) is 5.08. The Balaban J connectivity index is 2.07. The predicted molar refractivity (Wildman–Crippen MR) is 82.2 cm³/mol. The van der Waals surface area contributed by atoms with Gasteiger partial charge in [-0.15, -0.1) is 4.91 Å². The highest BCUT2D eigenvalue weighted by Crippen LogP contribution is 2.21. The lowest BCUT2D eigenvalue weighted by Crippen LogP contribution is -2.35. The van der Waals surface area contributed by atoms with Crippen LogP contribution in [-0.2, 0) is 16.0 Å². The molecule has 22 heavy (non-hydrogen) atoms. The summed E-state index contributed by atoms with van der Waals surface area (Å²) in [6.07, 6.45) is 0. The topological polar surface area (TPSA) is 80.2 Å². The fourth-order valence-electron chi connectivity index (χ4n) is 2.32. The second-order valence-corrected chi connectivity index (χ2v) is 5.08. The number of amides is 1. The summed E-state index contributed by atoms with van der Waals surface area (Å²) in [7, 11) is 1.56. The number of ether oxygens (including phenoxy) is 2. The summed E-state index contributed by atoms with van der Waals surface area (Å²) in [6.45, 7) is 4.70. The number of rotatable bonds is 7. The third-order valence-corrected chi connectivity index (χ3v) is 3.51. The van der Waals surface area contributed by atoms with Crippen molar-refractivity contribution in [3.63, 3.8) is 0 Å². The first-order chi connectivity index (χ1) is 10.7. The number of hydrogen-bond acceptors (Lipinski definition) is 6. The van der Waals surface area contributed by atoms with Gasteiger partial charge in [-0.25, -0.2) is 0 Å². The SMILES string of the molecule is COCCNC(=O)c1cc(CN2CCOCC2)ccc1N=O. The Morgan fingerprint density at radius 2 is 2.18 bits per heavy atom. The van der Waals surface area contributed by atoms with Crippen LogP contribution in [0.4, 0.5) is 5.69 Å². The Morgan fingerprint density at radius 3 is 2.86 bits per heavy atom. The molecule has 0 unspecified atom stereocenters. The van der Waals surface area contributed by atoms with Crippen LogP contribution in [0.15, 0.2) is 23.4 Å². The number of nitrogens with zero attached hydrogens (tertiary/aromatic N) is 2. The van der Waals surface area contributed by atoms with Crippen LogP contribution in [0, 0.1) is 4.91 Å². The molecule has 7 heteroatoms. The quantitative estimate of drug-likeness (QED) is 0.606. The standard InChI is InChI=1S/C15H21N3O4/c1-21-7-4-16-15(19)13-10-12(2-3-14(13)17-20)11-18-5-8-22-9-6-18/h2-3,10H,4-9,11H2,1H3,(H,16,19). The van der Waals surface area contributed by atoms with Crippen molar-refractivity contribution in [3.8, 4) is 0 Å². The normalized spacial score (nSPS) is 15.5. The zero-order valence-corrected chi connectivity index (χ0v) is 12.7. The fraction of sp³-hybridized carbons (Fsp3) is 0.533. The molecule has 0 saturated carbocycles. The first-order valence-corrected chi connectivity index (χ1v) is 7.28. The van der Waals surface area contributed by atoms with Crippen molar-refractivity contribution in [3.05, 3.63) is 34.2 Å². The smallest absolute Gasteiger partial charge is 0.253 e. The minimum absolute atomic E-state index is 0.153. The zero-order valence-electron chi connectivity index (χ0n) is 12.7. The van der Waals surface area contributed by atoms with Gasteiger partial charge in [0.1, 0.15) is 5.69 Å². The Hall–Kier alpha value is -1.83. The molecule has 7 nitrogen and oxygen atoms in total. The molecule has 2 rings (SSSR count). The van der Waals surface area contributed by atoms with Gasteiger partial charge in [0.15, 0.2) is 0 Å². The van der Waals surface area contributed by atoms with Gasteiger partial charge in [-0.2, -0.15) is 0 Å². The summed E-state index contributed by atoms with van der Waals surface area (Å²) in [5.74, 6) is -0.310. The molecule has 1 N–H and O–H groups in total. The lowest BCUT2D eigenvalue weighted by atomic mass is 10.1. The van der Waals surface area contributed by atoms with E-state index in [1.807, 2.05) is 6.07 Å². The molecule has 1 aromatic rings. The summed E-state index contributed by atoms with van der Waals surface area (Å²) in [6, 6.07) is 5.15. The maximum Gasteiger partial charge on any atom is 0.253 e. The molecular formula is C15H21N3O4. The van der Waals surface area contributed by atoms with Gasteiger partial charge in [0.05, 0.1) is 25.4 Å². The number of carbonyl (C=O) groups excluding carboxylic acids is 1. The van der Waals surface area contributed by atoms with Crippen LogP contribution in [0.2, 0.25) is 0 Å². The highest BCUT2D eigenvalue weighted by atomic mass is 16.5. The molecule has 0 aliphatic carbocycles. The van der Waals surface area contributed by atoms with Crippen LogP contribution >= 0.6 is 0 Å². The van der Waals surface area contributed by atoms with Crippen LogP contribution in [0.3, 0.4) is 0 Å². The number of nitrogens with one attached hydrogen (secondary N) is 1. The maximum absolute atomic E-state index is 12.1. The molecule has 0 atom stereocenters. The number of hydrogen-bond donors (Lipinski definition) is 1. The molecule has 0 bridgehead atoms. The van der Waals surface area contributed by atoms with E-state index in [4.69, 9.17) is 9.47 Å². The van der Waals surface area contributed by atoms with E-state index < -0.39 is 0 Å². The van der Waals surface area contributed by atoms with Gasteiger partial charge in [-0.3, -0.25) is 9.69 Å². The lowest BCUT2D eigenvalue weighted by molar-refractivity contribution is 0.0342. The van der Waals surface area contributed by atoms with E-state index in [0.717, 1.165) is 38.4 Å². The third-order valence-electron chi connectivity index (χ3n) is 3.51. The molecule has 1 fully saturated rings. The molecule has 1 saturated heterocycles. The highest BCUT2D eigenvalue weighted by molar-refractivity contribution is 5.99. The maximum atomic E-state index is 12.1. The van der Waals surface area contributed by atoms with Crippen LogP contribution in [0.5, 0.6) is 0 Å². The van der Waals surface area contributed by atoms with E-state index in [-0.39, 0.29) is 11.6 Å². The lowest BCUT2D eigenvalue weighted by Gasteiger charge is -2.26. The molecular weight excluding hydrogens is 286 g/mol. The van der Waals surface area contributed by atoms with Crippen molar-refractivity contribution in [1.29, 1.82) is 0 Å². The van der Waals surface area contributed by atoms with Crippen molar-refractivity contribution in [2.45, 2.75) is 6.54 Å². The number of nitroso groups, excluding NO2 is 1. The molecule has 1 heterocycles. The Labute approximate surface area is 129 Å². The van der Waals surface area contributed by atoms with E-state index in [1.165, 1.54) is 0 Å². The van der Waals surface area contributed by atoms with Gasteiger partial charge in [0.25, 0.3) is 5.91 Å². The van der Waals surface area contributed by atoms with Gasteiger partial charge in [-0.05, 0) is 22.9 Å².